The Hall–Kier alpha value is -1.70. The number of rotatable bonds is 4. The van der Waals surface area contributed by atoms with Crippen LogP contribution in [-0.4, -0.2) is 53.7 Å². The number of likely N-dealkylation sites (tertiary alicyclic amines) is 1. The largest absolute Gasteiger partial charge is 0.298 e. The van der Waals surface area contributed by atoms with Crippen LogP contribution in [0.1, 0.15) is 17.2 Å². The number of benzene rings is 1. The van der Waals surface area contributed by atoms with E-state index in [9.17, 15) is 8.42 Å². The molecule has 2 saturated heterocycles. The summed E-state index contributed by atoms with van der Waals surface area (Å²) in [7, 11) is -3.21. The molecule has 2 fully saturated rings. The van der Waals surface area contributed by atoms with Crippen molar-refractivity contribution < 1.29 is 8.42 Å². The minimum atomic E-state index is -3.21. The number of hydrogen-bond donors (Lipinski definition) is 1. The first-order valence-electron chi connectivity index (χ1n) is 8.24. The quantitative estimate of drug-likeness (QED) is 0.910. The van der Waals surface area contributed by atoms with Crippen LogP contribution < -0.4 is 0 Å². The number of H-pyrrole nitrogens is 1. The first-order valence-corrected chi connectivity index (χ1v) is 10.1. The average molecular weight is 346 g/mol. The van der Waals surface area contributed by atoms with Gasteiger partial charge in [0, 0.05) is 37.9 Å². The van der Waals surface area contributed by atoms with Gasteiger partial charge in [0.2, 0.25) is 10.0 Å². The van der Waals surface area contributed by atoms with Gasteiger partial charge in [0.05, 0.1) is 18.5 Å². The van der Waals surface area contributed by atoms with E-state index in [0.717, 1.165) is 25.2 Å². The molecule has 0 aliphatic carbocycles. The Labute approximate surface area is 142 Å². The summed E-state index contributed by atoms with van der Waals surface area (Å²) in [5, 5.41) is 6.86. The van der Waals surface area contributed by atoms with Gasteiger partial charge in [0.15, 0.2) is 0 Å². The molecule has 0 bridgehead atoms. The molecule has 3 atom stereocenters. The van der Waals surface area contributed by atoms with Gasteiger partial charge in [-0.15, -0.1) is 0 Å². The van der Waals surface area contributed by atoms with Gasteiger partial charge in [0.25, 0.3) is 0 Å². The van der Waals surface area contributed by atoms with Gasteiger partial charge in [-0.2, -0.15) is 9.40 Å². The lowest BCUT2D eigenvalue weighted by atomic mass is 9.90. The smallest absolute Gasteiger partial charge is 0.211 e. The molecule has 1 N–H and O–H groups in total. The summed E-state index contributed by atoms with van der Waals surface area (Å²) in [5.41, 5.74) is 2.27. The van der Waals surface area contributed by atoms with Crippen molar-refractivity contribution in [1.29, 1.82) is 0 Å². The first-order chi connectivity index (χ1) is 11.5. The Morgan fingerprint density at radius 3 is 2.67 bits per heavy atom. The van der Waals surface area contributed by atoms with Crippen LogP contribution in [0.25, 0.3) is 0 Å². The zero-order chi connectivity index (χ0) is 16.7. The number of sulfonamides is 1. The molecule has 0 radical (unpaired) electrons. The summed E-state index contributed by atoms with van der Waals surface area (Å²) in [4.78, 5) is 2.41. The SMILES string of the molecule is CS(=O)(=O)N1C[C@H]2CN(Cc3cn[nH]c3)C[C@H]2[C@@H]1c1ccccc1. The van der Waals surface area contributed by atoms with E-state index in [-0.39, 0.29) is 6.04 Å². The summed E-state index contributed by atoms with van der Waals surface area (Å²) in [6, 6.07) is 9.98. The molecule has 4 rings (SSSR count). The monoisotopic (exact) mass is 346 g/mol. The van der Waals surface area contributed by atoms with Gasteiger partial charge in [-0.1, -0.05) is 30.3 Å². The van der Waals surface area contributed by atoms with Crippen molar-refractivity contribution in [2.75, 3.05) is 25.9 Å². The molecule has 0 saturated carbocycles. The number of aromatic amines is 1. The Kier molecular flexibility index (Phi) is 3.94. The second-order valence-electron chi connectivity index (χ2n) is 6.91. The van der Waals surface area contributed by atoms with Crippen LogP contribution in [-0.2, 0) is 16.6 Å². The van der Waals surface area contributed by atoms with Crippen LogP contribution in [0.5, 0.6) is 0 Å². The summed E-state index contributed by atoms with van der Waals surface area (Å²) in [6.45, 7) is 3.33. The number of aromatic nitrogens is 2. The van der Waals surface area contributed by atoms with E-state index >= 15 is 0 Å². The molecule has 1 aromatic heterocycles. The molecule has 24 heavy (non-hydrogen) atoms. The van der Waals surface area contributed by atoms with Crippen molar-refractivity contribution in [3.63, 3.8) is 0 Å². The second kappa shape index (κ2) is 5.98. The molecule has 128 valence electrons. The molecular weight excluding hydrogens is 324 g/mol. The molecule has 0 spiro atoms. The maximum absolute atomic E-state index is 12.3. The normalized spacial score (nSPS) is 28.3. The molecule has 2 aliphatic rings. The van der Waals surface area contributed by atoms with Crippen LogP contribution in [0, 0.1) is 11.8 Å². The first kappa shape index (κ1) is 15.8. The Morgan fingerprint density at radius 2 is 2.00 bits per heavy atom. The summed E-state index contributed by atoms with van der Waals surface area (Å²) < 4.78 is 26.3. The summed E-state index contributed by atoms with van der Waals surface area (Å²) in [6.07, 6.45) is 5.10. The Morgan fingerprint density at radius 1 is 1.21 bits per heavy atom. The predicted octanol–water partition coefficient (Wildman–Crippen LogP) is 1.47. The summed E-state index contributed by atoms with van der Waals surface area (Å²) in [5.74, 6) is 0.728. The number of hydrogen-bond acceptors (Lipinski definition) is 4. The van der Waals surface area contributed by atoms with Crippen molar-refractivity contribution in [1.82, 2.24) is 19.4 Å². The topological polar surface area (TPSA) is 69.3 Å². The van der Waals surface area contributed by atoms with E-state index in [1.54, 1.807) is 4.31 Å². The Bertz CT molecular complexity index is 791. The summed E-state index contributed by atoms with van der Waals surface area (Å²) >= 11 is 0. The van der Waals surface area contributed by atoms with Gasteiger partial charge in [-0.25, -0.2) is 8.42 Å². The third kappa shape index (κ3) is 2.87. The highest BCUT2D eigenvalue weighted by atomic mass is 32.2. The third-order valence-corrected chi connectivity index (χ3v) is 6.45. The molecule has 2 aliphatic heterocycles. The fourth-order valence-electron chi connectivity index (χ4n) is 4.25. The third-order valence-electron chi connectivity index (χ3n) is 5.23. The molecule has 2 aromatic rings. The highest BCUT2D eigenvalue weighted by molar-refractivity contribution is 7.88. The fraction of sp³-hybridized carbons (Fsp3) is 0.471. The van der Waals surface area contributed by atoms with Crippen LogP contribution in [0.4, 0.5) is 0 Å². The maximum Gasteiger partial charge on any atom is 0.211 e. The van der Waals surface area contributed by atoms with Crippen LogP contribution in [0.15, 0.2) is 42.7 Å². The van der Waals surface area contributed by atoms with Gasteiger partial charge < -0.3 is 0 Å². The highest BCUT2D eigenvalue weighted by Gasteiger charge is 2.50. The lowest BCUT2D eigenvalue weighted by Gasteiger charge is -2.28. The van der Waals surface area contributed by atoms with E-state index in [4.69, 9.17) is 0 Å². The van der Waals surface area contributed by atoms with E-state index in [1.165, 1.54) is 11.8 Å². The molecule has 7 heteroatoms. The minimum absolute atomic E-state index is 0.0550. The van der Waals surface area contributed by atoms with Crippen molar-refractivity contribution in [2.45, 2.75) is 12.6 Å². The zero-order valence-electron chi connectivity index (χ0n) is 13.7. The van der Waals surface area contributed by atoms with E-state index < -0.39 is 10.0 Å². The molecule has 3 heterocycles. The van der Waals surface area contributed by atoms with E-state index in [2.05, 4.69) is 15.1 Å². The van der Waals surface area contributed by atoms with Crippen molar-refractivity contribution in [2.24, 2.45) is 11.8 Å². The molecule has 0 amide bonds. The number of nitrogens with zero attached hydrogens (tertiary/aromatic N) is 3. The van der Waals surface area contributed by atoms with Crippen LogP contribution in [0.2, 0.25) is 0 Å². The molecule has 1 aromatic carbocycles. The van der Waals surface area contributed by atoms with Crippen LogP contribution >= 0.6 is 0 Å². The minimum Gasteiger partial charge on any atom is -0.298 e. The van der Waals surface area contributed by atoms with Gasteiger partial charge in [-0.3, -0.25) is 10.00 Å². The highest BCUT2D eigenvalue weighted by Crippen LogP contribution is 2.46. The standard InChI is InChI=1S/C17H22N4O2S/c1-24(22,23)21-11-15-10-20(9-13-7-18-19-8-13)12-16(15)17(21)14-5-3-2-4-6-14/h2-8,15-17H,9-12H2,1H3,(H,18,19)/t15-,16-,17+/m1/s1. The second-order valence-corrected chi connectivity index (χ2v) is 8.85. The van der Waals surface area contributed by atoms with Crippen molar-refractivity contribution >= 4 is 10.0 Å². The van der Waals surface area contributed by atoms with Gasteiger partial charge in [0.1, 0.15) is 0 Å². The molecular formula is C17H22N4O2S. The Balaban J connectivity index is 1.59. The fourth-order valence-corrected chi connectivity index (χ4v) is 5.41. The molecule has 6 nitrogen and oxygen atoms in total. The average Bonchev–Trinajstić information content (AvgIpc) is 3.23. The predicted molar refractivity (Wildman–Crippen MR) is 91.6 cm³/mol. The lowest BCUT2D eigenvalue weighted by molar-refractivity contribution is 0.261. The van der Waals surface area contributed by atoms with Crippen molar-refractivity contribution in [3.8, 4) is 0 Å². The van der Waals surface area contributed by atoms with E-state index in [1.807, 2.05) is 42.7 Å². The van der Waals surface area contributed by atoms with E-state index in [0.29, 0.717) is 18.4 Å². The number of nitrogens with one attached hydrogen (secondary N) is 1. The lowest BCUT2D eigenvalue weighted by Crippen LogP contribution is -2.34. The maximum atomic E-state index is 12.3. The van der Waals surface area contributed by atoms with Gasteiger partial charge in [-0.05, 0) is 17.4 Å². The van der Waals surface area contributed by atoms with Gasteiger partial charge >= 0.3 is 0 Å². The number of fused-ring (bicyclic) bond motifs is 1. The van der Waals surface area contributed by atoms with Crippen LogP contribution in [0.3, 0.4) is 0 Å². The molecule has 0 unspecified atom stereocenters. The van der Waals surface area contributed by atoms with Crippen molar-refractivity contribution in [3.05, 3.63) is 53.9 Å². The zero-order valence-corrected chi connectivity index (χ0v) is 14.5.